The Morgan fingerprint density at radius 3 is 3.00 bits per heavy atom. The van der Waals surface area contributed by atoms with Gasteiger partial charge in [-0.25, -0.2) is 9.97 Å². The lowest BCUT2D eigenvalue weighted by molar-refractivity contribution is 0.849. The van der Waals surface area contributed by atoms with Gasteiger partial charge in [0.1, 0.15) is 17.2 Å². The predicted molar refractivity (Wildman–Crippen MR) is 58.0 cm³/mol. The monoisotopic (exact) mass is 210 g/mol. The Kier molecular flexibility index (Phi) is 3.55. The number of halogens is 1. The number of hydrogen-bond acceptors (Lipinski definition) is 4. The van der Waals surface area contributed by atoms with Gasteiger partial charge in [0.15, 0.2) is 5.82 Å². The van der Waals surface area contributed by atoms with Crippen LogP contribution in [0, 0.1) is 12.3 Å². The molecule has 0 saturated carbocycles. The summed E-state index contributed by atoms with van der Waals surface area (Å²) in [4.78, 5) is 7.69. The number of nitrogens with one attached hydrogen (secondary N) is 1. The molecule has 1 atom stereocenters. The molecule has 1 rings (SSSR count). The molecule has 0 fully saturated rings. The molecule has 5 heteroatoms. The average Bonchev–Trinajstić information content (AvgIpc) is 2.20. The number of nitrogens with zero attached hydrogens (tertiary/aromatic N) is 2. The van der Waals surface area contributed by atoms with Crippen LogP contribution < -0.4 is 11.1 Å². The minimum absolute atomic E-state index is 0.0956. The molecule has 0 radical (unpaired) electrons. The van der Waals surface area contributed by atoms with E-state index in [1.54, 1.807) is 0 Å². The van der Waals surface area contributed by atoms with Crippen LogP contribution in [0.2, 0.25) is 5.02 Å². The van der Waals surface area contributed by atoms with Crippen LogP contribution in [-0.2, 0) is 0 Å². The smallest absolute Gasteiger partial charge is 0.151 e. The van der Waals surface area contributed by atoms with Crippen molar-refractivity contribution in [1.29, 1.82) is 0 Å². The van der Waals surface area contributed by atoms with Gasteiger partial charge in [-0.1, -0.05) is 24.4 Å². The molecule has 0 spiro atoms. The van der Waals surface area contributed by atoms with Crippen molar-refractivity contribution in [1.82, 2.24) is 9.97 Å². The van der Waals surface area contributed by atoms with Crippen molar-refractivity contribution < 1.29 is 0 Å². The predicted octanol–water partition coefficient (Wildman–Crippen LogP) is 1.54. The van der Waals surface area contributed by atoms with Crippen molar-refractivity contribution in [2.45, 2.75) is 19.4 Å². The Labute approximate surface area is 87.9 Å². The standard InChI is InChI=1S/C9H11ClN4/c1-3-6(4-2)14-9-7(10)8(11)12-5-13-9/h1,5-6H,4H2,2H3,(H3,11,12,13,14). The largest absolute Gasteiger partial charge is 0.382 e. The third kappa shape index (κ3) is 2.27. The number of nitrogen functional groups attached to an aromatic ring is 1. The van der Waals surface area contributed by atoms with Crippen molar-refractivity contribution in [2.24, 2.45) is 0 Å². The van der Waals surface area contributed by atoms with Gasteiger partial charge in [-0.2, -0.15) is 0 Å². The van der Waals surface area contributed by atoms with E-state index < -0.39 is 0 Å². The molecule has 4 nitrogen and oxygen atoms in total. The van der Waals surface area contributed by atoms with Gasteiger partial charge in [-0.3, -0.25) is 0 Å². The third-order valence-corrected chi connectivity index (χ3v) is 2.11. The van der Waals surface area contributed by atoms with E-state index in [1.165, 1.54) is 6.33 Å². The second-order valence-electron chi connectivity index (χ2n) is 2.69. The molecule has 1 aromatic heterocycles. The Balaban J connectivity index is 2.87. The summed E-state index contributed by atoms with van der Waals surface area (Å²) < 4.78 is 0. The highest BCUT2D eigenvalue weighted by Crippen LogP contribution is 2.23. The lowest BCUT2D eigenvalue weighted by Gasteiger charge is -2.12. The van der Waals surface area contributed by atoms with Gasteiger partial charge in [0.05, 0.1) is 6.04 Å². The first-order chi connectivity index (χ1) is 6.69. The van der Waals surface area contributed by atoms with Crippen molar-refractivity contribution in [3.05, 3.63) is 11.3 Å². The number of anilines is 2. The molecule has 0 saturated heterocycles. The SMILES string of the molecule is C#CC(CC)Nc1ncnc(N)c1Cl. The molecule has 0 bridgehead atoms. The highest BCUT2D eigenvalue weighted by Gasteiger charge is 2.09. The molecule has 0 amide bonds. The van der Waals surface area contributed by atoms with Crippen molar-refractivity contribution in [3.63, 3.8) is 0 Å². The number of nitrogens with two attached hydrogens (primary N) is 1. The Hall–Kier alpha value is -1.47. The van der Waals surface area contributed by atoms with Crippen LogP contribution in [0.5, 0.6) is 0 Å². The number of hydrogen-bond donors (Lipinski definition) is 2. The van der Waals surface area contributed by atoms with Crippen LogP contribution in [-0.4, -0.2) is 16.0 Å². The van der Waals surface area contributed by atoms with E-state index in [0.29, 0.717) is 10.8 Å². The first-order valence-corrected chi connectivity index (χ1v) is 4.55. The van der Waals surface area contributed by atoms with E-state index >= 15 is 0 Å². The highest BCUT2D eigenvalue weighted by atomic mass is 35.5. The summed E-state index contributed by atoms with van der Waals surface area (Å²) in [5.41, 5.74) is 5.50. The fraction of sp³-hybridized carbons (Fsp3) is 0.333. The summed E-state index contributed by atoms with van der Waals surface area (Å²) in [5.74, 6) is 3.30. The van der Waals surface area contributed by atoms with E-state index in [2.05, 4.69) is 21.2 Å². The maximum Gasteiger partial charge on any atom is 0.151 e. The van der Waals surface area contributed by atoms with E-state index in [1.807, 2.05) is 6.92 Å². The normalized spacial score (nSPS) is 11.8. The Morgan fingerprint density at radius 1 is 1.71 bits per heavy atom. The quantitative estimate of drug-likeness (QED) is 0.743. The molecule has 1 heterocycles. The second kappa shape index (κ2) is 4.68. The lowest BCUT2D eigenvalue weighted by atomic mass is 10.2. The molecule has 14 heavy (non-hydrogen) atoms. The van der Waals surface area contributed by atoms with E-state index in [9.17, 15) is 0 Å². The van der Waals surface area contributed by atoms with Crippen LogP contribution in [0.25, 0.3) is 0 Å². The number of terminal acetylenes is 1. The lowest BCUT2D eigenvalue weighted by Crippen LogP contribution is -2.17. The van der Waals surface area contributed by atoms with E-state index in [0.717, 1.165) is 6.42 Å². The van der Waals surface area contributed by atoms with Gasteiger partial charge in [-0.05, 0) is 6.42 Å². The average molecular weight is 211 g/mol. The number of aromatic nitrogens is 2. The Bertz CT molecular complexity index is 358. The molecule has 0 aliphatic heterocycles. The topological polar surface area (TPSA) is 63.8 Å². The van der Waals surface area contributed by atoms with Gasteiger partial charge in [0.2, 0.25) is 0 Å². The maximum atomic E-state index is 5.87. The van der Waals surface area contributed by atoms with Crippen molar-refractivity contribution in [2.75, 3.05) is 11.1 Å². The minimum atomic E-state index is -0.0956. The third-order valence-electron chi connectivity index (χ3n) is 1.74. The molecule has 74 valence electrons. The molecular weight excluding hydrogens is 200 g/mol. The van der Waals surface area contributed by atoms with Gasteiger partial charge < -0.3 is 11.1 Å². The fourth-order valence-corrected chi connectivity index (χ4v) is 1.06. The zero-order valence-electron chi connectivity index (χ0n) is 7.79. The molecule has 0 aliphatic carbocycles. The summed E-state index contributed by atoms with van der Waals surface area (Å²) in [6.07, 6.45) is 7.42. The van der Waals surface area contributed by atoms with Crippen LogP contribution in [0.3, 0.4) is 0 Å². The molecule has 0 aromatic carbocycles. The first-order valence-electron chi connectivity index (χ1n) is 4.17. The van der Waals surface area contributed by atoms with E-state index in [-0.39, 0.29) is 11.9 Å². The zero-order chi connectivity index (χ0) is 10.6. The maximum absolute atomic E-state index is 5.87. The molecule has 3 N–H and O–H groups in total. The highest BCUT2D eigenvalue weighted by molar-refractivity contribution is 6.35. The minimum Gasteiger partial charge on any atom is -0.382 e. The van der Waals surface area contributed by atoms with Gasteiger partial charge >= 0.3 is 0 Å². The first kappa shape index (κ1) is 10.6. The summed E-state index contributed by atoms with van der Waals surface area (Å²) in [6.45, 7) is 1.97. The molecule has 1 unspecified atom stereocenters. The van der Waals surface area contributed by atoms with Crippen LogP contribution in [0.4, 0.5) is 11.6 Å². The van der Waals surface area contributed by atoms with Crippen LogP contribution in [0.1, 0.15) is 13.3 Å². The number of rotatable bonds is 3. The summed E-state index contributed by atoms with van der Waals surface area (Å²) in [6, 6.07) is -0.0956. The van der Waals surface area contributed by atoms with Crippen molar-refractivity contribution >= 4 is 23.2 Å². The van der Waals surface area contributed by atoms with Crippen LogP contribution in [0.15, 0.2) is 6.33 Å². The van der Waals surface area contributed by atoms with Crippen molar-refractivity contribution in [3.8, 4) is 12.3 Å². The second-order valence-corrected chi connectivity index (χ2v) is 3.07. The summed E-state index contributed by atoms with van der Waals surface area (Å²) >= 11 is 5.87. The van der Waals surface area contributed by atoms with Gasteiger partial charge in [-0.15, -0.1) is 6.42 Å². The molecule has 1 aromatic rings. The Morgan fingerprint density at radius 2 is 2.43 bits per heavy atom. The van der Waals surface area contributed by atoms with Gasteiger partial charge in [0, 0.05) is 0 Å². The van der Waals surface area contributed by atoms with Crippen LogP contribution >= 0.6 is 11.6 Å². The fourth-order valence-electron chi connectivity index (χ4n) is 0.911. The van der Waals surface area contributed by atoms with E-state index in [4.69, 9.17) is 23.8 Å². The summed E-state index contributed by atoms with van der Waals surface area (Å²) in [7, 11) is 0. The molecule has 0 aliphatic rings. The zero-order valence-corrected chi connectivity index (χ0v) is 8.54. The van der Waals surface area contributed by atoms with Gasteiger partial charge in [0.25, 0.3) is 0 Å². The summed E-state index contributed by atoms with van der Waals surface area (Å²) in [5, 5.41) is 3.29. The molecular formula is C9H11ClN4.